The number of nitrogens with one attached hydrogen (secondary N) is 2. The molecule has 32 heavy (non-hydrogen) atoms. The van der Waals surface area contributed by atoms with E-state index >= 15 is 0 Å². The summed E-state index contributed by atoms with van der Waals surface area (Å²) in [5.74, 6) is 1.27. The Hall–Kier alpha value is -4.20. The fraction of sp³-hybridized carbons (Fsp3) is 0.167. The minimum Gasteiger partial charge on any atom is -0.493 e. The number of amides is 2. The molecule has 8 heteroatoms. The minimum atomic E-state index is -0.409. The van der Waals surface area contributed by atoms with Crippen LogP contribution in [0.1, 0.15) is 21.7 Å². The van der Waals surface area contributed by atoms with Gasteiger partial charge in [0.2, 0.25) is 11.7 Å². The Kier molecular flexibility index (Phi) is 7.53. The second-order valence-electron chi connectivity index (χ2n) is 6.55. The first-order chi connectivity index (χ1) is 15.6. The predicted octanol–water partition coefficient (Wildman–Crippen LogP) is 3.89. The zero-order chi connectivity index (χ0) is 22.9. The Bertz CT molecular complexity index is 1110. The minimum absolute atomic E-state index is 0.243. The van der Waals surface area contributed by atoms with Crippen LogP contribution < -0.4 is 24.8 Å². The number of ether oxygens (including phenoxy) is 3. The number of furan rings is 1. The third kappa shape index (κ3) is 5.28. The summed E-state index contributed by atoms with van der Waals surface area (Å²) in [6.45, 7) is 0.243. The zero-order valence-corrected chi connectivity index (χ0v) is 18.0. The summed E-state index contributed by atoms with van der Waals surface area (Å²) >= 11 is 0. The molecule has 2 amide bonds. The molecule has 0 fully saturated rings. The molecule has 3 rings (SSSR count). The van der Waals surface area contributed by atoms with Crippen LogP contribution in [0.5, 0.6) is 17.2 Å². The van der Waals surface area contributed by atoms with Crippen LogP contribution in [0.3, 0.4) is 0 Å². The summed E-state index contributed by atoms with van der Waals surface area (Å²) in [7, 11) is 4.54. The molecule has 1 aromatic heterocycles. The van der Waals surface area contributed by atoms with Crippen LogP contribution in [0, 0.1) is 0 Å². The molecule has 0 atom stereocenters. The van der Waals surface area contributed by atoms with Gasteiger partial charge in [0.1, 0.15) is 5.76 Å². The number of methoxy groups -OCH3 is 3. The summed E-state index contributed by atoms with van der Waals surface area (Å²) < 4.78 is 21.3. The highest BCUT2D eigenvalue weighted by molar-refractivity contribution is 6.07. The number of hydrogen-bond donors (Lipinski definition) is 2. The average molecular weight is 436 g/mol. The highest BCUT2D eigenvalue weighted by atomic mass is 16.5. The van der Waals surface area contributed by atoms with E-state index in [9.17, 15) is 9.59 Å². The number of para-hydroxylation sites is 1. The van der Waals surface area contributed by atoms with Gasteiger partial charge in [0.05, 0.1) is 45.4 Å². The van der Waals surface area contributed by atoms with Gasteiger partial charge in [-0.05, 0) is 42.5 Å². The summed E-state index contributed by atoms with van der Waals surface area (Å²) in [5.41, 5.74) is 1.35. The van der Waals surface area contributed by atoms with E-state index in [1.165, 1.54) is 33.7 Å². The quantitative estimate of drug-likeness (QED) is 0.494. The number of hydrogen-bond acceptors (Lipinski definition) is 6. The third-order valence-electron chi connectivity index (χ3n) is 4.58. The second-order valence-corrected chi connectivity index (χ2v) is 6.55. The van der Waals surface area contributed by atoms with Gasteiger partial charge in [0.15, 0.2) is 11.5 Å². The van der Waals surface area contributed by atoms with Crippen LogP contribution in [-0.4, -0.2) is 33.1 Å². The topological polar surface area (TPSA) is 99.0 Å². The SMILES string of the molecule is COc1ccc(/C=C/C(=O)Nc2ccccc2C(=O)NCc2ccco2)c(OC)c1OC. The molecule has 3 aromatic rings. The molecule has 0 saturated carbocycles. The normalized spacial score (nSPS) is 10.6. The van der Waals surface area contributed by atoms with Crippen LogP contribution in [0.15, 0.2) is 65.3 Å². The van der Waals surface area contributed by atoms with Crippen molar-refractivity contribution in [1.82, 2.24) is 5.32 Å². The van der Waals surface area contributed by atoms with Crippen molar-refractivity contribution in [3.63, 3.8) is 0 Å². The highest BCUT2D eigenvalue weighted by Gasteiger charge is 2.15. The Morgan fingerprint density at radius 3 is 2.41 bits per heavy atom. The summed E-state index contributed by atoms with van der Waals surface area (Å²) in [6, 6.07) is 13.7. The Morgan fingerprint density at radius 2 is 1.72 bits per heavy atom. The first-order valence-electron chi connectivity index (χ1n) is 9.75. The molecule has 0 saturated heterocycles. The molecular weight excluding hydrogens is 412 g/mol. The molecule has 2 aromatic carbocycles. The maximum Gasteiger partial charge on any atom is 0.253 e. The number of rotatable bonds is 9. The zero-order valence-electron chi connectivity index (χ0n) is 18.0. The fourth-order valence-corrected chi connectivity index (χ4v) is 3.06. The first-order valence-corrected chi connectivity index (χ1v) is 9.75. The highest BCUT2D eigenvalue weighted by Crippen LogP contribution is 2.40. The standard InChI is InChI=1S/C24H24N2O6/c1-29-20-12-10-16(22(30-2)23(20)31-3)11-13-21(27)26-19-9-5-4-8-18(19)24(28)25-15-17-7-6-14-32-17/h4-14H,15H2,1-3H3,(H,25,28)(H,26,27)/b13-11+. The van der Waals surface area contributed by atoms with E-state index in [0.717, 1.165) is 0 Å². The lowest BCUT2D eigenvalue weighted by atomic mass is 10.1. The predicted molar refractivity (Wildman–Crippen MR) is 120 cm³/mol. The van der Waals surface area contributed by atoms with E-state index in [4.69, 9.17) is 18.6 Å². The van der Waals surface area contributed by atoms with Crippen LogP contribution in [0.25, 0.3) is 6.08 Å². The number of anilines is 1. The van der Waals surface area contributed by atoms with Gasteiger partial charge in [-0.15, -0.1) is 0 Å². The van der Waals surface area contributed by atoms with Gasteiger partial charge in [-0.1, -0.05) is 12.1 Å². The third-order valence-corrected chi connectivity index (χ3v) is 4.58. The van der Waals surface area contributed by atoms with Gasteiger partial charge in [0.25, 0.3) is 5.91 Å². The fourth-order valence-electron chi connectivity index (χ4n) is 3.06. The van der Waals surface area contributed by atoms with Crippen molar-refractivity contribution in [2.45, 2.75) is 6.54 Å². The van der Waals surface area contributed by atoms with Crippen molar-refractivity contribution in [2.24, 2.45) is 0 Å². The number of carbonyl (C=O) groups excluding carboxylic acids is 2. The van der Waals surface area contributed by atoms with Crippen molar-refractivity contribution in [1.29, 1.82) is 0 Å². The molecule has 2 N–H and O–H groups in total. The number of carbonyl (C=O) groups is 2. The number of benzene rings is 2. The maximum absolute atomic E-state index is 12.6. The summed E-state index contributed by atoms with van der Waals surface area (Å²) in [6.07, 6.45) is 4.48. The maximum atomic E-state index is 12.6. The molecule has 166 valence electrons. The van der Waals surface area contributed by atoms with Gasteiger partial charge >= 0.3 is 0 Å². The van der Waals surface area contributed by atoms with Gasteiger partial charge in [-0.3, -0.25) is 9.59 Å². The van der Waals surface area contributed by atoms with Crippen LogP contribution in [0.2, 0.25) is 0 Å². The Balaban J connectivity index is 1.73. The smallest absolute Gasteiger partial charge is 0.253 e. The molecule has 0 aliphatic rings. The van der Waals surface area contributed by atoms with E-state index in [2.05, 4.69) is 10.6 Å². The lowest BCUT2D eigenvalue weighted by molar-refractivity contribution is -0.111. The van der Waals surface area contributed by atoms with E-state index < -0.39 is 5.91 Å². The van der Waals surface area contributed by atoms with Crippen molar-refractivity contribution in [3.05, 3.63) is 77.8 Å². The molecular formula is C24H24N2O6. The van der Waals surface area contributed by atoms with Crippen LogP contribution in [-0.2, 0) is 11.3 Å². The van der Waals surface area contributed by atoms with Gasteiger partial charge < -0.3 is 29.3 Å². The first kappa shape index (κ1) is 22.5. The summed E-state index contributed by atoms with van der Waals surface area (Å²) in [4.78, 5) is 25.1. The summed E-state index contributed by atoms with van der Waals surface area (Å²) in [5, 5.41) is 5.50. The molecule has 0 unspecified atom stereocenters. The van der Waals surface area contributed by atoms with Crippen molar-refractivity contribution in [2.75, 3.05) is 26.6 Å². The molecule has 0 spiro atoms. The lowest BCUT2D eigenvalue weighted by Crippen LogP contribution is -2.24. The van der Waals surface area contributed by atoms with E-state index in [1.807, 2.05) is 0 Å². The Labute approximate surface area is 185 Å². The molecule has 0 bridgehead atoms. The molecule has 0 aliphatic carbocycles. The van der Waals surface area contributed by atoms with Gasteiger partial charge in [-0.2, -0.15) is 0 Å². The van der Waals surface area contributed by atoms with Crippen LogP contribution >= 0.6 is 0 Å². The van der Waals surface area contributed by atoms with E-state index in [0.29, 0.717) is 39.8 Å². The molecule has 0 radical (unpaired) electrons. The monoisotopic (exact) mass is 436 g/mol. The van der Waals surface area contributed by atoms with Crippen molar-refractivity contribution in [3.8, 4) is 17.2 Å². The average Bonchev–Trinajstić information content (AvgIpc) is 3.34. The van der Waals surface area contributed by atoms with E-state index in [1.54, 1.807) is 54.6 Å². The van der Waals surface area contributed by atoms with Crippen molar-refractivity contribution >= 4 is 23.6 Å². The van der Waals surface area contributed by atoms with Gasteiger partial charge in [-0.25, -0.2) is 0 Å². The Morgan fingerprint density at radius 1 is 0.938 bits per heavy atom. The van der Waals surface area contributed by atoms with Crippen molar-refractivity contribution < 1.29 is 28.2 Å². The molecule has 0 aliphatic heterocycles. The van der Waals surface area contributed by atoms with Crippen LogP contribution in [0.4, 0.5) is 5.69 Å². The molecule has 1 heterocycles. The lowest BCUT2D eigenvalue weighted by Gasteiger charge is -2.14. The van der Waals surface area contributed by atoms with Gasteiger partial charge in [0, 0.05) is 11.6 Å². The van der Waals surface area contributed by atoms with E-state index in [-0.39, 0.29) is 12.5 Å². The largest absolute Gasteiger partial charge is 0.493 e. The second kappa shape index (κ2) is 10.7. The molecule has 8 nitrogen and oxygen atoms in total.